The van der Waals surface area contributed by atoms with Crippen molar-refractivity contribution in [3.05, 3.63) is 0 Å². The molecule has 0 fully saturated rings. The van der Waals surface area contributed by atoms with Crippen molar-refractivity contribution < 1.29 is 9.90 Å². The third-order valence-electron chi connectivity index (χ3n) is 5.93. The predicted molar refractivity (Wildman–Crippen MR) is 128 cm³/mol. The van der Waals surface area contributed by atoms with E-state index in [0.29, 0.717) is 12.3 Å². The number of nitrogens with one attached hydrogen (secondary N) is 1. The molecular formula is C26H53NO2. The minimum atomic E-state index is -0.707. The number of unbranched alkanes of at least 4 members (excludes halogenated alkanes) is 17. The number of carbonyl (C=O) groups is 1. The molecule has 0 unspecified atom stereocenters. The molecule has 0 aromatic carbocycles. The van der Waals surface area contributed by atoms with Crippen molar-refractivity contribution >= 4 is 5.97 Å². The van der Waals surface area contributed by atoms with Gasteiger partial charge in [-0.05, 0) is 25.3 Å². The van der Waals surface area contributed by atoms with Gasteiger partial charge >= 0.3 is 5.97 Å². The first-order valence-corrected chi connectivity index (χ1v) is 13.0. The standard InChI is InChI=1S/C26H53NO2/c1-4-5-6-7-8-9-10-11-12-13-14-15-16-17-18-19-20-21-22-27-25(26(28)29)23-24(2)3/h24-25,27H,4-23H2,1-3H3,(H,28,29)/t25-/m1/s1. The zero-order valence-electron chi connectivity index (χ0n) is 20.2. The van der Waals surface area contributed by atoms with Crippen molar-refractivity contribution in [2.45, 2.75) is 149 Å². The Kier molecular flexibility index (Phi) is 21.7. The van der Waals surface area contributed by atoms with Gasteiger partial charge in [0.15, 0.2) is 0 Å². The van der Waals surface area contributed by atoms with E-state index in [9.17, 15) is 9.90 Å². The lowest BCUT2D eigenvalue weighted by Gasteiger charge is -2.16. The van der Waals surface area contributed by atoms with Crippen LogP contribution in [0, 0.1) is 5.92 Å². The Labute approximate surface area is 182 Å². The topological polar surface area (TPSA) is 49.3 Å². The summed E-state index contributed by atoms with van der Waals surface area (Å²) in [4.78, 5) is 11.2. The summed E-state index contributed by atoms with van der Waals surface area (Å²) >= 11 is 0. The highest BCUT2D eigenvalue weighted by molar-refractivity contribution is 5.73. The summed E-state index contributed by atoms with van der Waals surface area (Å²) in [5.41, 5.74) is 0. The van der Waals surface area contributed by atoms with Crippen LogP contribution in [0.25, 0.3) is 0 Å². The fourth-order valence-corrected chi connectivity index (χ4v) is 4.05. The fourth-order valence-electron chi connectivity index (χ4n) is 4.05. The van der Waals surface area contributed by atoms with Gasteiger partial charge < -0.3 is 10.4 Å². The van der Waals surface area contributed by atoms with Crippen LogP contribution >= 0.6 is 0 Å². The first-order chi connectivity index (χ1) is 14.1. The maximum atomic E-state index is 11.2. The van der Waals surface area contributed by atoms with Gasteiger partial charge in [0.1, 0.15) is 6.04 Å². The summed E-state index contributed by atoms with van der Waals surface area (Å²) in [6.45, 7) is 7.28. The van der Waals surface area contributed by atoms with Crippen LogP contribution in [0.15, 0.2) is 0 Å². The quantitative estimate of drug-likeness (QED) is 0.167. The van der Waals surface area contributed by atoms with Gasteiger partial charge in [-0.3, -0.25) is 4.79 Å². The summed E-state index contributed by atoms with van der Waals surface area (Å²) in [7, 11) is 0. The van der Waals surface area contributed by atoms with Gasteiger partial charge in [-0.2, -0.15) is 0 Å². The van der Waals surface area contributed by atoms with Gasteiger partial charge in [0.05, 0.1) is 0 Å². The van der Waals surface area contributed by atoms with E-state index < -0.39 is 5.97 Å². The number of hydrogen-bond donors (Lipinski definition) is 2. The van der Waals surface area contributed by atoms with Crippen molar-refractivity contribution in [1.82, 2.24) is 5.32 Å². The summed E-state index contributed by atoms with van der Waals surface area (Å²) in [6, 6.07) is -0.374. The molecule has 0 saturated heterocycles. The van der Waals surface area contributed by atoms with Gasteiger partial charge in [0.25, 0.3) is 0 Å². The molecule has 0 aliphatic heterocycles. The van der Waals surface area contributed by atoms with Crippen molar-refractivity contribution in [2.24, 2.45) is 5.92 Å². The third kappa shape index (κ3) is 21.9. The molecule has 0 bridgehead atoms. The Morgan fingerprint density at radius 1 is 0.655 bits per heavy atom. The first kappa shape index (κ1) is 28.4. The molecule has 0 aliphatic carbocycles. The molecule has 0 aromatic rings. The smallest absolute Gasteiger partial charge is 0.320 e. The van der Waals surface area contributed by atoms with E-state index in [0.717, 1.165) is 13.0 Å². The van der Waals surface area contributed by atoms with Gasteiger partial charge in [0, 0.05) is 0 Å². The second-order valence-electron chi connectivity index (χ2n) is 9.48. The lowest BCUT2D eigenvalue weighted by Crippen LogP contribution is -2.38. The van der Waals surface area contributed by atoms with Crippen LogP contribution < -0.4 is 5.32 Å². The molecule has 0 spiro atoms. The summed E-state index contributed by atoms with van der Waals surface area (Å²) in [5, 5.41) is 12.4. The van der Waals surface area contributed by atoms with Gasteiger partial charge in [-0.25, -0.2) is 0 Å². The molecule has 0 radical (unpaired) electrons. The van der Waals surface area contributed by atoms with Crippen molar-refractivity contribution in [3.63, 3.8) is 0 Å². The highest BCUT2D eigenvalue weighted by Gasteiger charge is 2.17. The summed E-state index contributed by atoms with van der Waals surface area (Å²) in [6.07, 6.45) is 25.6. The predicted octanol–water partition coefficient (Wildman–Crippen LogP) is 8.12. The molecular weight excluding hydrogens is 358 g/mol. The number of aliphatic carboxylic acids is 1. The highest BCUT2D eigenvalue weighted by atomic mass is 16.4. The Morgan fingerprint density at radius 2 is 1.00 bits per heavy atom. The zero-order chi connectivity index (χ0) is 21.6. The van der Waals surface area contributed by atoms with Gasteiger partial charge in [-0.15, -0.1) is 0 Å². The Balaban J connectivity index is 3.21. The molecule has 29 heavy (non-hydrogen) atoms. The minimum absolute atomic E-state index is 0.374. The molecule has 0 saturated carbocycles. The number of carboxylic acid groups (broad SMARTS) is 1. The van der Waals surface area contributed by atoms with Crippen LogP contribution in [0.5, 0.6) is 0 Å². The SMILES string of the molecule is CCCCCCCCCCCCCCCCCCCCN[C@H](CC(C)C)C(=O)O. The molecule has 0 heterocycles. The molecule has 2 N–H and O–H groups in total. The van der Waals surface area contributed by atoms with Crippen LogP contribution in [0.2, 0.25) is 0 Å². The van der Waals surface area contributed by atoms with E-state index in [1.54, 1.807) is 0 Å². The Morgan fingerprint density at radius 3 is 1.31 bits per heavy atom. The highest BCUT2D eigenvalue weighted by Crippen LogP contribution is 2.14. The van der Waals surface area contributed by atoms with Gasteiger partial charge in [-0.1, -0.05) is 130 Å². The van der Waals surface area contributed by atoms with Crippen LogP contribution in [0.4, 0.5) is 0 Å². The number of hydrogen-bond acceptors (Lipinski definition) is 2. The van der Waals surface area contributed by atoms with E-state index in [1.165, 1.54) is 109 Å². The number of rotatable bonds is 23. The molecule has 0 aliphatic rings. The first-order valence-electron chi connectivity index (χ1n) is 13.0. The largest absolute Gasteiger partial charge is 0.480 e. The number of carboxylic acids is 1. The van der Waals surface area contributed by atoms with Crippen LogP contribution in [-0.2, 0) is 4.79 Å². The maximum Gasteiger partial charge on any atom is 0.320 e. The Hall–Kier alpha value is -0.570. The third-order valence-corrected chi connectivity index (χ3v) is 5.93. The second kappa shape index (κ2) is 22.1. The van der Waals surface area contributed by atoms with E-state index in [1.807, 2.05) is 0 Å². The molecule has 0 rings (SSSR count). The maximum absolute atomic E-state index is 11.2. The van der Waals surface area contributed by atoms with E-state index in [4.69, 9.17) is 0 Å². The van der Waals surface area contributed by atoms with Crippen molar-refractivity contribution in [1.29, 1.82) is 0 Å². The van der Waals surface area contributed by atoms with Crippen LogP contribution in [-0.4, -0.2) is 23.7 Å². The molecule has 3 nitrogen and oxygen atoms in total. The van der Waals surface area contributed by atoms with Crippen LogP contribution in [0.1, 0.15) is 143 Å². The van der Waals surface area contributed by atoms with Crippen molar-refractivity contribution in [3.8, 4) is 0 Å². The van der Waals surface area contributed by atoms with Gasteiger partial charge in [0.2, 0.25) is 0 Å². The average molecular weight is 412 g/mol. The van der Waals surface area contributed by atoms with Crippen LogP contribution in [0.3, 0.4) is 0 Å². The average Bonchev–Trinajstić information content (AvgIpc) is 2.68. The molecule has 1 atom stereocenters. The molecule has 0 amide bonds. The van der Waals surface area contributed by atoms with Crippen molar-refractivity contribution in [2.75, 3.05) is 6.54 Å². The Bertz CT molecular complexity index is 344. The fraction of sp³-hybridized carbons (Fsp3) is 0.962. The molecule has 0 aromatic heterocycles. The van der Waals surface area contributed by atoms with E-state index in [2.05, 4.69) is 26.1 Å². The zero-order valence-corrected chi connectivity index (χ0v) is 20.2. The minimum Gasteiger partial charge on any atom is -0.480 e. The normalized spacial score (nSPS) is 12.6. The summed E-state index contributed by atoms with van der Waals surface area (Å²) < 4.78 is 0. The lowest BCUT2D eigenvalue weighted by molar-refractivity contribution is -0.139. The molecule has 3 heteroatoms. The van der Waals surface area contributed by atoms with E-state index in [-0.39, 0.29) is 6.04 Å². The molecule has 174 valence electrons. The summed E-state index contributed by atoms with van der Waals surface area (Å²) in [5.74, 6) is -0.287. The lowest BCUT2D eigenvalue weighted by atomic mass is 10.0. The monoisotopic (exact) mass is 411 g/mol. The second-order valence-corrected chi connectivity index (χ2v) is 9.48. The van der Waals surface area contributed by atoms with E-state index >= 15 is 0 Å².